The quantitative estimate of drug-likeness (QED) is 0.913. The second-order valence-electron chi connectivity index (χ2n) is 6.23. The molecule has 1 saturated heterocycles. The smallest absolute Gasteiger partial charge is 0.227 e. The minimum Gasteiger partial charge on any atom is -0.335 e. The van der Waals surface area contributed by atoms with Crippen molar-refractivity contribution in [2.75, 3.05) is 13.1 Å². The molecule has 1 N–H and O–H groups in total. The van der Waals surface area contributed by atoms with E-state index in [4.69, 9.17) is 0 Å². The van der Waals surface area contributed by atoms with Crippen molar-refractivity contribution < 1.29 is 4.79 Å². The Labute approximate surface area is 121 Å². The Morgan fingerprint density at radius 1 is 1.35 bits per heavy atom. The van der Waals surface area contributed by atoms with E-state index in [1.165, 1.54) is 24.0 Å². The van der Waals surface area contributed by atoms with Gasteiger partial charge in [0.25, 0.3) is 0 Å². The molecule has 0 spiro atoms. The fourth-order valence-corrected chi connectivity index (χ4v) is 3.08. The van der Waals surface area contributed by atoms with Crippen molar-refractivity contribution in [3.63, 3.8) is 0 Å². The molecule has 1 aliphatic carbocycles. The van der Waals surface area contributed by atoms with E-state index < -0.39 is 0 Å². The second-order valence-corrected chi connectivity index (χ2v) is 6.23. The van der Waals surface area contributed by atoms with Crippen LogP contribution in [0.4, 0.5) is 0 Å². The highest BCUT2D eigenvalue weighted by Crippen LogP contribution is 2.30. The zero-order chi connectivity index (χ0) is 13.9. The largest absolute Gasteiger partial charge is 0.335 e. The molecular formula is C17H24N2O. The maximum absolute atomic E-state index is 12.8. The van der Waals surface area contributed by atoms with Gasteiger partial charge < -0.3 is 10.2 Å². The zero-order valence-corrected chi connectivity index (χ0v) is 12.3. The standard InChI is InChI=1S/C17H24N2O/c1-13-4-2-5-14(10-13)12-19(16-7-8-16)17(20)15-6-3-9-18-11-15/h2,4-5,10,15-16,18H,3,6-9,11-12H2,1H3. The van der Waals surface area contributed by atoms with E-state index >= 15 is 0 Å². The molecular weight excluding hydrogens is 248 g/mol. The molecule has 1 aromatic carbocycles. The van der Waals surface area contributed by atoms with Crippen LogP contribution in [-0.4, -0.2) is 29.9 Å². The molecule has 1 atom stereocenters. The van der Waals surface area contributed by atoms with Crippen molar-refractivity contribution in [2.45, 2.75) is 45.2 Å². The summed E-state index contributed by atoms with van der Waals surface area (Å²) in [5.41, 5.74) is 2.53. The average molecular weight is 272 g/mol. The third-order valence-electron chi connectivity index (χ3n) is 4.35. The van der Waals surface area contributed by atoms with E-state index in [0.29, 0.717) is 11.9 Å². The van der Waals surface area contributed by atoms with Gasteiger partial charge in [0.05, 0.1) is 5.92 Å². The molecule has 2 fully saturated rings. The first-order valence-electron chi connectivity index (χ1n) is 7.81. The van der Waals surface area contributed by atoms with Gasteiger partial charge in [-0.2, -0.15) is 0 Å². The van der Waals surface area contributed by atoms with Gasteiger partial charge in [0.15, 0.2) is 0 Å². The first-order chi connectivity index (χ1) is 9.74. The Morgan fingerprint density at radius 2 is 2.20 bits per heavy atom. The summed E-state index contributed by atoms with van der Waals surface area (Å²) in [6.45, 7) is 4.81. The lowest BCUT2D eigenvalue weighted by Crippen LogP contribution is -2.43. The topological polar surface area (TPSA) is 32.3 Å². The molecule has 0 aromatic heterocycles. The molecule has 1 aliphatic heterocycles. The lowest BCUT2D eigenvalue weighted by atomic mass is 9.97. The Hall–Kier alpha value is -1.35. The zero-order valence-electron chi connectivity index (χ0n) is 12.3. The highest BCUT2D eigenvalue weighted by atomic mass is 16.2. The van der Waals surface area contributed by atoms with Crippen molar-refractivity contribution in [3.05, 3.63) is 35.4 Å². The number of nitrogens with zero attached hydrogens (tertiary/aromatic N) is 1. The molecule has 1 amide bonds. The van der Waals surface area contributed by atoms with Gasteiger partial charge >= 0.3 is 0 Å². The van der Waals surface area contributed by atoms with Crippen molar-refractivity contribution in [3.8, 4) is 0 Å². The highest BCUT2D eigenvalue weighted by Gasteiger charge is 2.36. The lowest BCUT2D eigenvalue weighted by molar-refractivity contribution is -0.137. The van der Waals surface area contributed by atoms with Crippen LogP contribution in [0.3, 0.4) is 0 Å². The van der Waals surface area contributed by atoms with Crippen LogP contribution in [0.5, 0.6) is 0 Å². The predicted molar refractivity (Wildman–Crippen MR) is 80.3 cm³/mol. The van der Waals surface area contributed by atoms with Gasteiger partial charge in [-0.1, -0.05) is 29.8 Å². The van der Waals surface area contributed by atoms with E-state index in [-0.39, 0.29) is 5.92 Å². The van der Waals surface area contributed by atoms with Gasteiger partial charge in [-0.25, -0.2) is 0 Å². The molecule has 3 rings (SSSR count). The minimum atomic E-state index is 0.189. The van der Waals surface area contributed by atoms with Crippen LogP contribution >= 0.6 is 0 Å². The number of rotatable bonds is 4. The van der Waals surface area contributed by atoms with Crippen molar-refractivity contribution >= 4 is 5.91 Å². The molecule has 0 radical (unpaired) electrons. The third-order valence-corrected chi connectivity index (χ3v) is 4.35. The SMILES string of the molecule is Cc1cccc(CN(C(=O)C2CCCNC2)C2CC2)c1. The number of amides is 1. The van der Waals surface area contributed by atoms with E-state index in [1.54, 1.807) is 0 Å². The van der Waals surface area contributed by atoms with Gasteiger partial charge in [-0.3, -0.25) is 4.79 Å². The highest BCUT2D eigenvalue weighted by molar-refractivity contribution is 5.79. The van der Waals surface area contributed by atoms with Crippen LogP contribution in [0.15, 0.2) is 24.3 Å². The fraction of sp³-hybridized carbons (Fsp3) is 0.588. The molecule has 0 bridgehead atoms. The lowest BCUT2D eigenvalue weighted by Gasteiger charge is -2.30. The summed E-state index contributed by atoms with van der Waals surface area (Å²) < 4.78 is 0. The number of benzene rings is 1. The molecule has 2 aliphatic rings. The van der Waals surface area contributed by atoms with Gasteiger partial charge in [0, 0.05) is 19.1 Å². The van der Waals surface area contributed by atoms with E-state index in [1.807, 2.05) is 0 Å². The summed E-state index contributed by atoms with van der Waals surface area (Å²) in [5, 5.41) is 3.36. The molecule has 1 heterocycles. The third kappa shape index (κ3) is 3.21. The summed E-state index contributed by atoms with van der Waals surface area (Å²) in [4.78, 5) is 14.9. The molecule has 3 heteroatoms. The predicted octanol–water partition coefficient (Wildman–Crippen LogP) is 2.49. The number of carbonyl (C=O) groups is 1. The minimum absolute atomic E-state index is 0.189. The number of aryl methyl sites for hydroxylation is 1. The normalized spacial score (nSPS) is 22.6. The second kappa shape index (κ2) is 5.96. The van der Waals surface area contributed by atoms with Gasteiger partial charge in [-0.15, -0.1) is 0 Å². The van der Waals surface area contributed by atoms with E-state index in [0.717, 1.165) is 32.5 Å². The monoisotopic (exact) mass is 272 g/mol. The van der Waals surface area contributed by atoms with Crippen LogP contribution in [0, 0.1) is 12.8 Å². The molecule has 108 valence electrons. The fourth-order valence-electron chi connectivity index (χ4n) is 3.08. The number of carbonyl (C=O) groups excluding carboxylic acids is 1. The summed E-state index contributed by atoms with van der Waals surface area (Å²) in [6, 6.07) is 9.02. The average Bonchev–Trinajstić information content (AvgIpc) is 3.30. The first-order valence-corrected chi connectivity index (χ1v) is 7.81. The number of piperidine rings is 1. The van der Waals surface area contributed by atoms with Crippen molar-refractivity contribution in [2.24, 2.45) is 5.92 Å². The Bertz CT molecular complexity index is 476. The number of hydrogen-bond acceptors (Lipinski definition) is 2. The van der Waals surface area contributed by atoms with Crippen LogP contribution in [-0.2, 0) is 11.3 Å². The maximum atomic E-state index is 12.8. The summed E-state index contributed by atoms with van der Waals surface area (Å²) in [5.74, 6) is 0.551. The molecule has 3 nitrogen and oxygen atoms in total. The molecule has 20 heavy (non-hydrogen) atoms. The molecule has 1 aromatic rings. The Balaban J connectivity index is 1.70. The summed E-state index contributed by atoms with van der Waals surface area (Å²) in [6.07, 6.45) is 4.53. The number of nitrogens with one attached hydrogen (secondary N) is 1. The van der Waals surface area contributed by atoms with E-state index in [2.05, 4.69) is 41.4 Å². The summed E-state index contributed by atoms with van der Waals surface area (Å²) >= 11 is 0. The van der Waals surface area contributed by atoms with Crippen molar-refractivity contribution in [1.82, 2.24) is 10.2 Å². The Morgan fingerprint density at radius 3 is 2.85 bits per heavy atom. The van der Waals surface area contributed by atoms with Gasteiger partial charge in [-0.05, 0) is 44.7 Å². The van der Waals surface area contributed by atoms with Gasteiger partial charge in [0.2, 0.25) is 5.91 Å². The number of hydrogen-bond donors (Lipinski definition) is 1. The van der Waals surface area contributed by atoms with Gasteiger partial charge in [0.1, 0.15) is 0 Å². The van der Waals surface area contributed by atoms with Crippen LogP contribution in [0.1, 0.15) is 36.8 Å². The Kier molecular flexibility index (Phi) is 4.06. The van der Waals surface area contributed by atoms with Crippen LogP contribution in [0.25, 0.3) is 0 Å². The van der Waals surface area contributed by atoms with Crippen molar-refractivity contribution in [1.29, 1.82) is 0 Å². The molecule has 1 unspecified atom stereocenters. The maximum Gasteiger partial charge on any atom is 0.227 e. The summed E-state index contributed by atoms with van der Waals surface area (Å²) in [7, 11) is 0. The first kappa shape index (κ1) is 13.6. The van der Waals surface area contributed by atoms with E-state index in [9.17, 15) is 4.79 Å². The molecule has 1 saturated carbocycles. The van der Waals surface area contributed by atoms with Crippen LogP contribution < -0.4 is 5.32 Å². The van der Waals surface area contributed by atoms with Crippen LogP contribution in [0.2, 0.25) is 0 Å².